The summed E-state index contributed by atoms with van der Waals surface area (Å²) in [6.45, 7) is 7.79. The smallest absolute Gasteiger partial charge is 0.354 e. The second-order valence-electron chi connectivity index (χ2n) is 7.66. The summed E-state index contributed by atoms with van der Waals surface area (Å²) in [5, 5.41) is 0.552. The van der Waals surface area contributed by atoms with Gasteiger partial charge < -0.3 is 14.2 Å². The fraction of sp³-hybridized carbons (Fsp3) is 0.435. The number of benzene rings is 1. The van der Waals surface area contributed by atoms with E-state index in [0.717, 1.165) is 12.8 Å². The van der Waals surface area contributed by atoms with Crippen molar-refractivity contribution < 1.29 is 19.1 Å². The quantitative estimate of drug-likeness (QED) is 0.481. The van der Waals surface area contributed by atoms with Crippen LogP contribution in [0, 0.1) is 13.8 Å². The Balaban J connectivity index is 1.99. The van der Waals surface area contributed by atoms with Crippen molar-refractivity contribution in [2.45, 2.75) is 59.2 Å². The van der Waals surface area contributed by atoms with Gasteiger partial charge in [-0.1, -0.05) is 11.6 Å². The zero-order valence-corrected chi connectivity index (χ0v) is 18.7. The largest absolute Gasteiger partial charge is 0.464 e. The molecule has 2 aromatic rings. The van der Waals surface area contributed by atoms with Crippen LogP contribution >= 0.6 is 11.6 Å². The fourth-order valence-corrected chi connectivity index (χ4v) is 4.23. The molecule has 1 aromatic carbocycles. The number of esters is 1. The van der Waals surface area contributed by atoms with E-state index in [0.29, 0.717) is 39.6 Å². The molecule has 0 unspecified atom stereocenters. The number of amides is 1. The number of carbonyl (C=O) groups excluding carboxylic acids is 3. The maximum Gasteiger partial charge on any atom is 0.354 e. The Hall–Kier alpha value is -2.60. The number of rotatable bonds is 7. The molecule has 1 fully saturated rings. The van der Waals surface area contributed by atoms with E-state index < -0.39 is 12.0 Å². The lowest BCUT2D eigenvalue weighted by atomic mass is 9.99. The van der Waals surface area contributed by atoms with Crippen LogP contribution in [0.15, 0.2) is 24.3 Å². The number of hydrogen-bond acceptors (Lipinski definition) is 4. The van der Waals surface area contributed by atoms with Crippen molar-refractivity contribution >= 4 is 29.3 Å². The van der Waals surface area contributed by atoms with Gasteiger partial charge in [0.1, 0.15) is 5.69 Å². The van der Waals surface area contributed by atoms with Gasteiger partial charge >= 0.3 is 5.97 Å². The number of Topliss-reactive ketones (excluding diaryl/α,β-unsaturated/α-hetero) is 1. The Morgan fingerprint density at radius 1 is 1.20 bits per heavy atom. The molecule has 0 radical (unpaired) electrons. The Bertz CT molecular complexity index is 990. The van der Waals surface area contributed by atoms with Crippen molar-refractivity contribution in [2.75, 3.05) is 7.11 Å². The van der Waals surface area contributed by atoms with Gasteiger partial charge in [-0.2, -0.15) is 0 Å². The third kappa shape index (κ3) is 3.88. The van der Waals surface area contributed by atoms with Crippen LogP contribution in [-0.4, -0.2) is 46.3 Å². The Morgan fingerprint density at radius 3 is 2.30 bits per heavy atom. The summed E-state index contributed by atoms with van der Waals surface area (Å²) in [5.41, 5.74) is 2.67. The minimum atomic E-state index is -0.656. The van der Waals surface area contributed by atoms with Gasteiger partial charge in [0.05, 0.1) is 13.2 Å². The molecule has 1 heterocycles. The second kappa shape index (κ2) is 8.64. The minimum Gasteiger partial charge on any atom is -0.464 e. The summed E-state index contributed by atoms with van der Waals surface area (Å²) >= 11 is 5.95. The average molecular weight is 431 g/mol. The van der Waals surface area contributed by atoms with E-state index in [1.54, 1.807) is 47.6 Å². The molecule has 0 N–H and O–H groups in total. The molecule has 1 aliphatic carbocycles. The molecule has 0 spiro atoms. The first-order chi connectivity index (χ1) is 14.2. The van der Waals surface area contributed by atoms with Crippen molar-refractivity contribution in [1.29, 1.82) is 0 Å². The summed E-state index contributed by atoms with van der Waals surface area (Å²) in [4.78, 5) is 40.8. The molecule has 0 aliphatic heterocycles. The molecule has 1 saturated carbocycles. The van der Waals surface area contributed by atoms with Crippen molar-refractivity contribution in [3.8, 4) is 0 Å². The molecular formula is C23H27ClN2O4. The second-order valence-corrected chi connectivity index (χ2v) is 8.10. The van der Waals surface area contributed by atoms with Gasteiger partial charge in [0.25, 0.3) is 5.91 Å². The molecule has 1 atom stereocenters. The highest BCUT2D eigenvalue weighted by molar-refractivity contribution is 6.30. The number of ether oxygens (including phenoxy) is 1. The zero-order chi connectivity index (χ0) is 22.2. The molecule has 1 amide bonds. The van der Waals surface area contributed by atoms with E-state index in [1.165, 1.54) is 7.11 Å². The van der Waals surface area contributed by atoms with Crippen molar-refractivity contribution in [2.24, 2.45) is 0 Å². The molecule has 7 heteroatoms. The highest BCUT2D eigenvalue weighted by Gasteiger charge is 2.40. The van der Waals surface area contributed by atoms with Crippen LogP contribution in [0.25, 0.3) is 0 Å². The van der Waals surface area contributed by atoms with Crippen molar-refractivity contribution in [3.05, 3.63) is 57.4 Å². The highest BCUT2D eigenvalue weighted by atomic mass is 35.5. The average Bonchev–Trinajstić information content (AvgIpc) is 3.52. The van der Waals surface area contributed by atoms with E-state index in [2.05, 4.69) is 0 Å². The van der Waals surface area contributed by atoms with E-state index in [9.17, 15) is 14.4 Å². The van der Waals surface area contributed by atoms with Crippen LogP contribution in [0.2, 0.25) is 5.02 Å². The zero-order valence-electron chi connectivity index (χ0n) is 18.0. The predicted octanol–water partition coefficient (Wildman–Crippen LogP) is 4.44. The third-order valence-electron chi connectivity index (χ3n) is 5.77. The van der Waals surface area contributed by atoms with Gasteiger partial charge in [-0.05, 0) is 70.4 Å². The Morgan fingerprint density at radius 2 is 1.80 bits per heavy atom. The lowest BCUT2D eigenvalue weighted by Crippen LogP contribution is -2.45. The summed E-state index contributed by atoms with van der Waals surface area (Å²) in [7, 11) is 1.33. The standard InChI is InChI=1S/C23H27ClN2O4/c1-6-25-14(3)19(13(2)20(25)23(29)30-5)21(27)15(4)26(18-11-12-18)22(28)16-7-9-17(24)10-8-16/h7-10,15,18H,6,11-12H2,1-5H3/t15-/m0/s1. The maximum atomic E-state index is 13.6. The Labute approximate surface area is 181 Å². The van der Waals surface area contributed by atoms with Crippen LogP contribution in [-0.2, 0) is 11.3 Å². The molecule has 1 aromatic heterocycles. The summed E-state index contributed by atoms with van der Waals surface area (Å²) in [5.74, 6) is -0.828. The molecule has 3 rings (SSSR count). The highest BCUT2D eigenvalue weighted by Crippen LogP contribution is 2.33. The number of methoxy groups -OCH3 is 1. The number of hydrogen-bond donors (Lipinski definition) is 0. The summed E-state index contributed by atoms with van der Waals surface area (Å²) in [6, 6.07) is 6.08. The van der Waals surface area contributed by atoms with Crippen LogP contribution in [0.3, 0.4) is 0 Å². The first-order valence-corrected chi connectivity index (χ1v) is 10.5. The van der Waals surface area contributed by atoms with Gasteiger partial charge in [-0.15, -0.1) is 0 Å². The molecule has 1 aliphatic rings. The van der Waals surface area contributed by atoms with E-state index in [1.807, 2.05) is 13.8 Å². The summed E-state index contributed by atoms with van der Waals surface area (Å²) in [6.07, 6.45) is 1.75. The van der Waals surface area contributed by atoms with E-state index >= 15 is 0 Å². The summed E-state index contributed by atoms with van der Waals surface area (Å²) < 4.78 is 6.72. The topological polar surface area (TPSA) is 68.6 Å². The van der Waals surface area contributed by atoms with Gasteiger partial charge in [0, 0.05) is 34.4 Å². The SMILES string of the molecule is CCn1c(C)c(C(=O)[C@H](C)N(C(=O)c2ccc(Cl)cc2)C2CC2)c(C)c1C(=O)OC. The molecular weight excluding hydrogens is 404 g/mol. The van der Waals surface area contributed by atoms with Crippen LogP contribution < -0.4 is 0 Å². The molecule has 6 nitrogen and oxygen atoms in total. The fourth-order valence-electron chi connectivity index (χ4n) is 4.10. The van der Waals surface area contributed by atoms with E-state index in [4.69, 9.17) is 16.3 Å². The van der Waals surface area contributed by atoms with E-state index in [-0.39, 0.29) is 17.7 Å². The van der Waals surface area contributed by atoms with Crippen molar-refractivity contribution in [3.63, 3.8) is 0 Å². The van der Waals surface area contributed by atoms with Crippen LogP contribution in [0.4, 0.5) is 0 Å². The Kier molecular flexibility index (Phi) is 6.36. The van der Waals surface area contributed by atoms with Crippen LogP contribution in [0.5, 0.6) is 0 Å². The first-order valence-electron chi connectivity index (χ1n) is 10.1. The molecule has 160 valence electrons. The number of halogens is 1. The first kappa shape index (κ1) is 22.1. The monoisotopic (exact) mass is 430 g/mol. The molecule has 0 saturated heterocycles. The number of aromatic nitrogens is 1. The number of carbonyl (C=O) groups is 3. The molecule has 30 heavy (non-hydrogen) atoms. The normalized spacial score (nSPS) is 14.3. The van der Waals surface area contributed by atoms with Gasteiger partial charge in [0.15, 0.2) is 5.78 Å². The predicted molar refractivity (Wildman–Crippen MR) is 115 cm³/mol. The molecule has 0 bridgehead atoms. The lowest BCUT2D eigenvalue weighted by Gasteiger charge is -2.29. The van der Waals surface area contributed by atoms with Crippen LogP contribution in [0.1, 0.15) is 69.2 Å². The minimum absolute atomic E-state index is 0.0427. The lowest BCUT2D eigenvalue weighted by molar-refractivity contribution is 0.0586. The van der Waals surface area contributed by atoms with Gasteiger partial charge in [-0.25, -0.2) is 4.79 Å². The van der Waals surface area contributed by atoms with Crippen molar-refractivity contribution in [1.82, 2.24) is 9.47 Å². The maximum absolute atomic E-state index is 13.6. The number of ketones is 1. The third-order valence-corrected chi connectivity index (χ3v) is 6.02. The number of nitrogens with zero attached hydrogens (tertiary/aromatic N) is 2. The van der Waals surface area contributed by atoms with Gasteiger partial charge in [0.2, 0.25) is 0 Å². The van der Waals surface area contributed by atoms with Gasteiger partial charge in [-0.3, -0.25) is 9.59 Å².